The van der Waals surface area contributed by atoms with E-state index in [1.165, 1.54) is 0 Å². The van der Waals surface area contributed by atoms with Crippen molar-refractivity contribution in [1.29, 1.82) is 0 Å². The van der Waals surface area contributed by atoms with Gasteiger partial charge < -0.3 is 15.4 Å². The molecule has 98 valence electrons. The van der Waals surface area contributed by atoms with E-state index in [9.17, 15) is 4.79 Å². The molecule has 0 aliphatic carbocycles. The van der Waals surface area contributed by atoms with Crippen LogP contribution in [0.5, 0.6) is 5.75 Å². The molecule has 1 heterocycles. The van der Waals surface area contributed by atoms with Crippen molar-refractivity contribution in [3.63, 3.8) is 0 Å². The van der Waals surface area contributed by atoms with Gasteiger partial charge in [-0.25, -0.2) is 0 Å². The quantitative estimate of drug-likeness (QED) is 0.852. The molecule has 2 rings (SSSR count). The second-order valence-electron chi connectivity index (χ2n) is 4.70. The zero-order valence-corrected chi connectivity index (χ0v) is 11.0. The summed E-state index contributed by atoms with van der Waals surface area (Å²) in [5.41, 5.74) is 1.68. The minimum Gasteiger partial charge on any atom is -0.496 e. The van der Waals surface area contributed by atoms with Crippen molar-refractivity contribution in [2.75, 3.05) is 20.2 Å². The zero-order valence-electron chi connectivity index (χ0n) is 11.0. The molecule has 4 heteroatoms. The lowest BCUT2D eigenvalue weighted by Gasteiger charge is -2.24. The van der Waals surface area contributed by atoms with Crippen molar-refractivity contribution in [3.05, 3.63) is 29.3 Å². The summed E-state index contributed by atoms with van der Waals surface area (Å²) < 4.78 is 5.24. The summed E-state index contributed by atoms with van der Waals surface area (Å²) >= 11 is 0. The maximum absolute atomic E-state index is 12.2. The molecule has 0 saturated carbocycles. The Kier molecular flexibility index (Phi) is 4.20. The fourth-order valence-electron chi connectivity index (χ4n) is 2.23. The van der Waals surface area contributed by atoms with Gasteiger partial charge in [-0.3, -0.25) is 4.79 Å². The molecule has 18 heavy (non-hydrogen) atoms. The SMILES string of the molecule is COc1ccc(C)cc1C(=O)NC1CCNCC1. The Morgan fingerprint density at radius 1 is 1.39 bits per heavy atom. The van der Waals surface area contributed by atoms with Gasteiger partial charge in [0.15, 0.2) is 0 Å². The topological polar surface area (TPSA) is 50.4 Å². The molecule has 1 aromatic carbocycles. The average Bonchev–Trinajstić information content (AvgIpc) is 2.40. The fourth-order valence-corrected chi connectivity index (χ4v) is 2.23. The van der Waals surface area contributed by atoms with E-state index in [0.29, 0.717) is 11.3 Å². The normalized spacial score (nSPS) is 16.3. The van der Waals surface area contributed by atoms with Gasteiger partial charge in [0.25, 0.3) is 5.91 Å². The zero-order chi connectivity index (χ0) is 13.0. The lowest BCUT2D eigenvalue weighted by Crippen LogP contribution is -2.42. The second-order valence-corrected chi connectivity index (χ2v) is 4.70. The first-order valence-corrected chi connectivity index (χ1v) is 6.37. The molecule has 0 radical (unpaired) electrons. The molecule has 1 aromatic rings. The maximum Gasteiger partial charge on any atom is 0.255 e. The number of nitrogens with one attached hydrogen (secondary N) is 2. The Morgan fingerprint density at radius 3 is 2.78 bits per heavy atom. The van der Waals surface area contributed by atoms with Crippen molar-refractivity contribution in [1.82, 2.24) is 10.6 Å². The highest BCUT2D eigenvalue weighted by Gasteiger charge is 2.18. The molecule has 1 fully saturated rings. The molecule has 4 nitrogen and oxygen atoms in total. The molecule has 1 saturated heterocycles. The first kappa shape index (κ1) is 12.9. The van der Waals surface area contributed by atoms with Crippen LogP contribution in [0.15, 0.2) is 18.2 Å². The van der Waals surface area contributed by atoms with Crippen LogP contribution in [0.1, 0.15) is 28.8 Å². The molecular formula is C14H20N2O2. The van der Waals surface area contributed by atoms with Gasteiger partial charge in [0.05, 0.1) is 12.7 Å². The van der Waals surface area contributed by atoms with Crippen LogP contribution >= 0.6 is 0 Å². The highest BCUT2D eigenvalue weighted by atomic mass is 16.5. The minimum absolute atomic E-state index is 0.0394. The Morgan fingerprint density at radius 2 is 2.11 bits per heavy atom. The fraction of sp³-hybridized carbons (Fsp3) is 0.500. The number of rotatable bonds is 3. The summed E-state index contributed by atoms with van der Waals surface area (Å²) in [6, 6.07) is 5.92. The Labute approximate surface area is 108 Å². The largest absolute Gasteiger partial charge is 0.496 e. The molecule has 1 aliphatic heterocycles. The van der Waals surface area contributed by atoms with E-state index in [-0.39, 0.29) is 11.9 Å². The van der Waals surface area contributed by atoms with E-state index in [4.69, 9.17) is 4.74 Å². The van der Waals surface area contributed by atoms with Crippen LogP contribution in [0.4, 0.5) is 0 Å². The predicted molar refractivity (Wildman–Crippen MR) is 71.1 cm³/mol. The summed E-state index contributed by atoms with van der Waals surface area (Å²) in [5.74, 6) is 0.592. The van der Waals surface area contributed by atoms with Gasteiger partial charge in [-0.15, -0.1) is 0 Å². The smallest absolute Gasteiger partial charge is 0.255 e. The Bertz CT molecular complexity index is 426. The van der Waals surface area contributed by atoms with Gasteiger partial charge in [-0.2, -0.15) is 0 Å². The maximum atomic E-state index is 12.2. The molecule has 0 unspecified atom stereocenters. The third kappa shape index (κ3) is 3.01. The number of ether oxygens (including phenoxy) is 1. The molecule has 1 aliphatic rings. The Hall–Kier alpha value is -1.55. The number of hydrogen-bond donors (Lipinski definition) is 2. The number of piperidine rings is 1. The van der Waals surface area contributed by atoms with Crippen LogP contribution in [0.25, 0.3) is 0 Å². The third-order valence-corrected chi connectivity index (χ3v) is 3.27. The lowest BCUT2D eigenvalue weighted by atomic mass is 10.0. The van der Waals surface area contributed by atoms with Gasteiger partial charge in [0.2, 0.25) is 0 Å². The van der Waals surface area contributed by atoms with E-state index in [1.807, 2.05) is 25.1 Å². The lowest BCUT2D eigenvalue weighted by molar-refractivity contribution is 0.0926. The van der Waals surface area contributed by atoms with Crippen LogP contribution in [-0.2, 0) is 0 Å². The molecular weight excluding hydrogens is 228 g/mol. The van der Waals surface area contributed by atoms with Crippen molar-refractivity contribution in [3.8, 4) is 5.75 Å². The number of carbonyl (C=O) groups is 1. The minimum atomic E-state index is -0.0394. The molecule has 2 N–H and O–H groups in total. The predicted octanol–water partition coefficient (Wildman–Crippen LogP) is 1.49. The van der Waals surface area contributed by atoms with Gasteiger partial charge >= 0.3 is 0 Å². The van der Waals surface area contributed by atoms with Crippen molar-refractivity contribution >= 4 is 5.91 Å². The first-order chi connectivity index (χ1) is 8.70. The number of amides is 1. The summed E-state index contributed by atoms with van der Waals surface area (Å²) in [7, 11) is 1.59. The molecule has 0 bridgehead atoms. The summed E-state index contributed by atoms with van der Waals surface area (Å²) in [6.07, 6.45) is 1.97. The number of carbonyl (C=O) groups excluding carboxylic acids is 1. The summed E-state index contributed by atoms with van der Waals surface area (Å²) in [5, 5.41) is 6.36. The van der Waals surface area contributed by atoms with Crippen molar-refractivity contribution < 1.29 is 9.53 Å². The molecule has 1 amide bonds. The van der Waals surface area contributed by atoms with E-state index in [2.05, 4.69) is 10.6 Å². The average molecular weight is 248 g/mol. The molecule has 0 atom stereocenters. The van der Waals surface area contributed by atoms with E-state index in [0.717, 1.165) is 31.5 Å². The van der Waals surface area contributed by atoms with Crippen LogP contribution in [0, 0.1) is 6.92 Å². The third-order valence-electron chi connectivity index (χ3n) is 3.27. The van der Waals surface area contributed by atoms with Crippen LogP contribution in [-0.4, -0.2) is 32.1 Å². The number of methoxy groups -OCH3 is 1. The van der Waals surface area contributed by atoms with E-state index >= 15 is 0 Å². The summed E-state index contributed by atoms with van der Waals surface area (Å²) in [4.78, 5) is 12.2. The standard InChI is InChI=1S/C14H20N2O2/c1-10-3-4-13(18-2)12(9-10)14(17)16-11-5-7-15-8-6-11/h3-4,9,11,15H,5-8H2,1-2H3,(H,16,17). The van der Waals surface area contributed by atoms with E-state index in [1.54, 1.807) is 7.11 Å². The molecule has 0 aromatic heterocycles. The van der Waals surface area contributed by atoms with Gasteiger partial charge in [0.1, 0.15) is 5.75 Å². The van der Waals surface area contributed by atoms with Gasteiger partial charge in [-0.05, 0) is 45.0 Å². The van der Waals surface area contributed by atoms with E-state index < -0.39 is 0 Å². The molecule has 0 spiro atoms. The first-order valence-electron chi connectivity index (χ1n) is 6.37. The number of benzene rings is 1. The second kappa shape index (κ2) is 5.87. The van der Waals surface area contributed by atoms with Crippen LogP contribution in [0.3, 0.4) is 0 Å². The van der Waals surface area contributed by atoms with Crippen molar-refractivity contribution in [2.45, 2.75) is 25.8 Å². The van der Waals surface area contributed by atoms with Crippen LogP contribution in [0.2, 0.25) is 0 Å². The van der Waals surface area contributed by atoms with Crippen LogP contribution < -0.4 is 15.4 Å². The highest BCUT2D eigenvalue weighted by Crippen LogP contribution is 2.20. The number of aryl methyl sites for hydroxylation is 1. The Balaban J connectivity index is 2.09. The highest BCUT2D eigenvalue weighted by molar-refractivity contribution is 5.97. The van der Waals surface area contributed by atoms with Crippen molar-refractivity contribution in [2.24, 2.45) is 0 Å². The monoisotopic (exact) mass is 248 g/mol. The number of hydrogen-bond acceptors (Lipinski definition) is 3. The van der Waals surface area contributed by atoms with Gasteiger partial charge in [0, 0.05) is 6.04 Å². The summed E-state index contributed by atoms with van der Waals surface area (Å²) in [6.45, 7) is 3.91. The van der Waals surface area contributed by atoms with Gasteiger partial charge in [-0.1, -0.05) is 11.6 Å².